The van der Waals surface area contributed by atoms with Gasteiger partial charge in [-0.25, -0.2) is 9.97 Å². The van der Waals surface area contributed by atoms with Gasteiger partial charge in [-0.2, -0.15) is 0 Å². The number of nitrogens with zero attached hydrogens (tertiary/aromatic N) is 3. The van der Waals surface area contributed by atoms with Crippen molar-refractivity contribution in [3.8, 4) is 0 Å². The number of para-hydroxylation sites is 1. The maximum absolute atomic E-state index is 12.6. The van der Waals surface area contributed by atoms with Crippen molar-refractivity contribution in [1.82, 2.24) is 9.97 Å². The smallest absolute Gasteiger partial charge is 0.248 e. The van der Waals surface area contributed by atoms with Gasteiger partial charge in [0.25, 0.3) is 0 Å². The third-order valence-electron chi connectivity index (χ3n) is 3.74. The van der Waals surface area contributed by atoms with Gasteiger partial charge in [-0.1, -0.05) is 23.5 Å². The second-order valence-corrected chi connectivity index (χ2v) is 7.05. The zero-order valence-electron chi connectivity index (χ0n) is 11.7. The molecular formula is C15H14N4OS2. The van der Waals surface area contributed by atoms with Gasteiger partial charge in [-0.3, -0.25) is 4.79 Å². The Morgan fingerprint density at radius 1 is 1.36 bits per heavy atom. The number of hydrogen-bond donors (Lipinski definition) is 1. The predicted molar refractivity (Wildman–Crippen MR) is 90.7 cm³/mol. The monoisotopic (exact) mass is 330 g/mol. The maximum atomic E-state index is 12.6. The van der Waals surface area contributed by atoms with Gasteiger partial charge in [-0.05, 0) is 25.0 Å². The Kier molecular flexibility index (Phi) is 3.51. The Balaban J connectivity index is 1.53. The van der Waals surface area contributed by atoms with E-state index < -0.39 is 0 Å². The number of hydrogen-bond acceptors (Lipinski definition) is 6. The Labute approximate surface area is 135 Å². The summed E-state index contributed by atoms with van der Waals surface area (Å²) in [6.07, 6.45) is 3.65. The van der Waals surface area contributed by atoms with Gasteiger partial charge in [0.1, 0.15) is 6.04 Å². The number of thiazole rings is 2. The van der Waals surface area contributed by atoms with Crippen LogP contribution in [0.1, 0.15) is 12.8 Å². The molecule has 3 aromatic rings. The SMILES string of the molecule is O=C(Nc1nc2ccccc2s1)[C@@H]1CCCN1c1nccs1. The lowest BCUT2D eigenvalue weighted by Crippen LogP contribution is -2.39. The summed E-state index contributed by atoms with van der Waals surface area (Å²) in [5.41, 5.74) is 0.922. The van der Waals surface area contributed by atoms with Gasteiger partial charge >= 0.3 is 0 Å². The molecule has 0 aliphatic carbocycles. The van der Waals surface area contributed by atoms with E-state index >= 15 is 0 Å². The first-order valence-electron chi connectivity index (χ1n) is 7.14. The molecule has 0 saturated carbocycles. The fraction of sp³-hybridized carbons (Fsp3) is 0.267. The molecule has 0 spiro atoms. The fourth-order valence-corrected chi connectivity index (χ4v) is 4.33. The van der Waals surface area contributed by atoms with Crippen molar-refractivity contribution in [3.05, 3.63) is 35.8 Å². The highest BCUT2D eigenvalue weighted by Gasteiger charge is 2.32. The number of fused-ring (bicyclic) bond motifs is 1. The van der Waals surface area contributed by atoms with E-state index in [2.05, 4.69) is 20.2 Å². The second-order valence-electron chi connectivity index (χ2n) is 5.14. The van der Waals surface area contributed by atoms with Crippen LogP contribution in [-0.4, -0.2) is 28.5 Å². The first kappa shape index (κ1) is 13.7. The number of nitrogens with one attached hydrogen (secondary N) is 1. The molecule has 1 aliphatic rings. The molecule has 0 radical (unpaired) electrons. The van der Waals surface area contributed by atoms with Gasteiger partial charge in [-0.15, -0.1) is 11.3 Å². The molecule has 112 valence electrons. The van der Waals surface area contributed by atoms with E-state index in [1.54, 1.807) is 17.5 Å². The van der Waals surface area contributed by atoms with Crippen LogP contribution in [-0.2, 0) is 4.79 Å². The number of amides is 1. The average Bonchev–Trinajstić information content (AvgIpc) is 3.25. The van der Waals surface area contributed by atoms with E-state index in [9.17, 15) is 4.79 Å². The normalized spacial score (nSPS) is 18.0. The van der Waals surface area contributed by atoms with Crippen LogP contribution in [0.15, 0.2) is 35.8 Å². The van der Waals surface area contributed by atoms with Gasteiger partial charge in [0.15, 0.2) is 10.3 Å². The molecule has 1 amide bonds. The molecule has 1 aromatic carbocycles. The lowest BCUT2D eigenvalue weighted by atomic mass is 10.2. The van der Waals surface area contributed by atoms with Crippen LogP contribution in [0, 0.1) is 0 Å². The quantitative estimate of drug-likeness (QED) is 0.800. The minimum Gasteiger partial charge on any atom is -0.336 e. The molecule has 4 rings (SSSR count). The summed E-state index contributed by atoms with van der Waals surface area (Å²) in [5.74, 6) is 0.00626. The number of carbonyl (C=O) groups is 1. The number of rotatable bonds is 3. The van der Waals surface area contributed by atoms with Crippen LogP contribution in [0.3, 0.4) is 0 Å². The summed E-state index contributed by atoms with van der Waals surface area (Å²) in [4.78, 5) is 23.5. The molecule has 1 saturated heterocycles. The van der Waals surface area contributed by atoms with E-state index in [4.69, 9.17) is 0 Å². The highest BCUT2D eigenvalue weighted by molar-refractivity contribution is 7.22. The van der Waals surface area contributed by atoms with E-state index in [-0.39, 0.29) is 11.9 Å². The van der Waals surface area contributed by atoms with Crippen molar-refractivity contribution < 1.29 is 4.79 Å². The van der Waals surface area contributed by atoms with Crippen LogP contribution in [0.25, 0.3) is 10.2 Å². The first-order chi connectivity index (χ1) is 10.8. The Hall–Kier alpha value is -1.99. The summed E-state index contributed by atoms with van der Waals surface area (Å²) >= 11 is 3.08. The van der Waals surface area contributed by atoms with Crippen molar-refractivity contribution in [2.75, 3.05) is 16.8 Å². The van der Waals surface area contributed by atoms with Crippen molar-refractivity contribution in [2.45, 2.75) is 18.9 Å². The molecule has 0 unspecified atom stereocenters. The van der Waals surface area contributed by atoms with Gasteiger partial charge < -0.3 is 10.2 Å². The largest absolute Gasteiger partial charge is 0.336 e. The van der Waals surface area contributed by atoms with Crippen LogP contribution < -0.4 is 10.2 Å². The molecule has 1 N–H and O–H groups in total. The lowest BCUT2D eigenvalue weighted by Gasteiger charge is -2.22. The zero-order valence-corrected chi connectivity index (χ0v) is 13.4. The highest BCUT2D eigenvalue weighted by atomic mass is 32.1. The summed E-state index contributed by atoms with van der Waals surface area (Å²) in [7, 11) is 0. The molecule has 5 nitrogen and oxygen atoms in total. The standard InChI is InChI=1S/C15H14N4OS2/c20-13(11-5-3-8-19(11)15-16-7-9-21-15)18-14-17-10-4-1-2-6-12(10)22-14/h1-2,4,6-7,9,11H,3,5,8H2,(H,17,18,20)/t11-/m0/s1. The third-order valence-corrected chi connectivity index (χ3v) is 5.50. The minimum atomic E-state index is -0.154. The molecule has 22 heavy (non-hydrogen) atoms. The summed E-state index contributed by atoms with van der Waals surface area (Å²) in [6, 6.07) is 7.75. The maximum Gasteiger partial charge on any atom is 0.248 e. The van der Waals surface area contributed by atoms with E-state index in [0.29, 0.717) is 5.13 Å². The van der Waals surface area contributed by atoms with Gasteiger partial charge in [0.2, 0.25) is 5.91 Å². The summed E-state index contributed by atoms with van der Waals surface area (Å²) in [6.45, 7) is 0.880. The first-order valence-corrected chi connectivity index (χ1v) is 8.83. The van der Waals surface area contributed by atoms with Crippen molar-refractivity contribution in [1.29, 1.82) is 0 Å². The van der Waals surface area contributed by atoms with E-state index in [1.165, 1.54) is 11.3 Å². The van der Waals surface area contributed by atoms with Crippen molar-refractivity contribution in [3.63, 3.8) is 0 Å². The number of anilines is 2. The van der Waals surface area contributed by atoms with Crippen molar-refractivity contribution >= 4 is 49.1 Å². The minimum absolute atomic E-state index is 0.00626. The fourth-order valence-electron chi connectivity index (χ4n) is 2.74. The molecule has 1 atom stereocenters. The zero-order chi connectivity index (χ0) is 14.9. The number of benzene rings is 1. The third kappa shape index (κ3) is 2.46. The molecule has 2 aromatic heterocycles. The Morgan fingerprint density at radius 3 is 3.09 bits per heavy atom. The number of carbonyl (C=O) groups excluding carboxylic acids is 1. The van der Waals surface area contributed by atoms with Crippen LogP contribution in [0.2, 0.25) is 0 Å². The van der Waals surface area contributed by atoms with Crippen LogP contribution in [0.4, 0.5) is 10.3 Å². The molecule has 0 bridgehead atoms. The molecule has 1 aliphatic heterocycles. The second kappa shape index (κ2) is 5.66. The summed E-state index contributed by atoms with van der Waals surface area (Å²) in [5, 5.41) is 6.49. The Bertz CT molecular complexity index is 766. The topological polar surface area (TPSA) is 58.1 Å². The molecule has 1 fully saturated rings. The van der Waals surface area contributed by atoms with Crippen molar-refractivity contribution in [2.24, 2.45) is 0 Å². The lowest BCUT2D eigenvalue weighted by molar-refractivity contribution is -0.117. The average molecular weight is 330 g/mol. The van der Waals surface area contributed by atoms with Gasteiger partial charge in [0, 0.05) is 18.1 Å². The molecule has 3 heterocycles. The Morgan fingerprint density at radius 2 is 2.27 bits per heavy atom. The van der Waals surface area contributed by atoms with Crippen LogP contribution >= 0.6 is 22.7 Å². The van der Waals surface area contributed by atoms with Crippen LogP contribution in [0.5, 0.6) is 0 Å². The van der Waals surface area contributed by atoms with E-state index in [0.717, 1.165) is 34.7 Å². The predicted octanol–water partition coefficient (Wildman–Crippen LogP) is 3.36. The number of aromatic nitrogens is 2. The highest BCUT2D eigenvalue weighted by Crippen LogP contribution is 2.29. The van der Waals surface area contributed by atoms with E-state index in [1.807, 2.05) is 29.6 Å². The van der Waals surface area contributed by atoms with Gasteiger partial charge in [0.05, 0.1) is 10.2 Å². The molecule has 7 heteroatoms. The summed E-state index contributed by atoms with van der Waals surface area (Å²) < 4.78 is 1.08. The molecular weight excluding hydrogens is 316 g/mol.